The van der Waals surface area contributed by atoms with Crippen molar-refractivity contribution in [2.75, 3.05) is 26.3 Å². The van der Waals surface area contributed by atoms with Crippen LogP contribution in [0, 0.1) is 10.8 Å². The maximum atomic E-state index is 9.14. The monoisotopic (exact) mass is 159 g/mol. The molecule has 66 valence electrons. The summed E-state index contributed by atoms with van der Waals surface area (Å²) >= 11 is 0. The second-order valence-corrected chi connectivity index (χ2v) is 4.04. The molecule has 3 nitrogen and oxygen atoms in total. The summed E-state index contributed by atoms with van der Waals surface area (Å²) in [7, 11) is 0. The van der Waals surface area contributed by atoms with Crippen LogP contribution in [0.3, 0.4) is 0 Å². The molecule has 1 heterocycles. The Kier molecular flexibility index (Phi) is 2.23. The average molecular weight is 159 g/mol. The molecule has 3 heteroatoms. The number of rotatable bonds is 2. The molecule has 0 aromatic carbocycles. The molecular weight excluding hydrogens is 142 g/mol. The van der Waals surface area contributed by atoms with Gasteiger partial charge >= 0.3 is 0 Å². The zero-order chi connectivity index (χ0) is 8.54. The van der Waals surface area contributed by atoms with E-state index >= 15 is 0 Å². The van der Waals surface area contributed by atoms with Crippen LogP contribution in [0.5, 0.6) is 0 Å². The van der Waals surface area contributed by atoms with Gasteiger partial charge in [-0.1, -0.05) is 13.8 Å². The van der Waals surface area contributed by atoms with Gasteiger partial charge in [0.2, 0.25) is 0 Å². The highest BCUT2D eigenvalue weighted by molar-refractivity contribution is 5.00. The molecule has 0 saturated carbocycles. The molecule has 0 bridgehead atoms. The van der Waals surface area contributed by atoms with Gasteiger partial charge in [0.25, 0.3) is 0 Å². The van der Waals surface area contributed by atoms with E-state index in [0.717, 1.165) is 13.1 Å². The summed E-state index contributed by atoms with van der Waals surface area (Å²) in [4.78, 5) is 0. The molecule has 0 aliphatic carbocycles. The van der Waals surface area contributed by atoms with E-state index in [1.54, 1.807) is 0 Å². The van der Waals surface area contributed by atoms with Gasteiger partial charge in [-0.05, 0) is 0 Å². The molecule has 2 unspecified atom stereocenters. The van der Waals surface area contributed by atoms with Crippen molar-refractivity contribution in [2.24, 2.45) is 10.8 Å². The maximum Gasteiger partial charge on any atom is 0.0503 e. The predicted octanol–water partition coefficient (Wildman–Crippen LogP) is -0.413. The largest absolute Gasteiger partial charge is 0.396 e. The van der Waals surface area contributed by atoms with Gasteiger partial charge in [-0.15, -0.1) is 0 Å². The van der Waals surface area contributed by atoms with Crippen LogP contribution in [0.2, 0.25) is 0 Å². The molecule has 1 fully saturated rings. The zero-order valence-corrected chi connectivity index (χ0v) is 7.22. The fourth-order valence-electron chi connectivity index (χ4n) is 1.53. The Morgan fingerprint density at radius 1 is 1.09 bits per heavy atom. The van der Waals surface area contributed by atoms with Crippen molar-refractivity contribution >= 4 is 0 Å². The van der Waals surface area contributed by atoms with Crippen LogP contribution in [0.25, 0.3) is 0 Å². The summed E-state index contributed by atoms with van der Waals surface area (Å²) in [5.41, 5.74) is -0.330. The first-order chi connectivity index (χ1) is 5.08. The molecular formula is C8H17NO2. The molecule has 0 amide bonds. The molecule has 1 aliphatic heterocycles. The van der Waals surface area contributed by atoms with Crippen LogP contribution in [0.1, 0.15) is 13.8 Å². The van der Waals surface area contributed by atoms with Crippen molar-refractivity contribution in [1.82, 2.24) is 5.32 Å². The topological polar surface area (TPSA) is 52.5 Å². The van der Waals surface area contributed by atoms with Crippen LogP contribution in [-0.4, -0.2) is 36.5 Å². The van der Waals surface area contributed by atoms with Crippen LogP contribution >= 0.6 is 0 Å². The van der Waals surface area contributed by atoms with Gasteiger partial charge < -0.3 is 15.5 Å². The lowest BCUT2D eigenvalue weighted by Gasteiger charge is -2.37. The molecule has 2 atom stereocenters. The quantitative estimate of drug-likeness (QED) is 0.513. The Hall–Kier alpha value is -0.120. The number of aliphatic hydroxyl groups excluding tert-OH is 2. The summed E-state index contributed by atoms with van der Waals surface area (Å²) < 4.78 is 0. The van der Waals surface area contributed by atoms with E-state index in [0.29, 0.717) is 0 Å². The lowest BCUT2D eigenvalue weighted by atomic mass is 9.69. The number of aliphatic hydroxyl groups is 2. The van der Waals surface area contributed by atoms with Gasteiger partial charge in [0.1, 0.15) is 0 Å². The van der Waals surface area contributed by atoms with Crippen molar-refractivity contribution in [3.05, 3.63) is 0 Å². The first-order valence-electron chi connectivity index (χ1n) is 4.00. The Balaban J connectivity index is 2.79. The second-order valence-electron chi connectivity index (χ2n) is 4.04. The molecule has 11 heavy (non-hydrogen) atoms. The summed E-state index contributed by atoms with van der Waals surface area (Å²) in [6, 6.07) is 0. The highest BCUT2D eigenvalue weighted by Crippen LogP contribution is 2.41. The average Bonchev–Trinajstić information content (AvgIpc) is 2.31. The smallest absolute Gasteiger partial charge is 0.0503 e. The minimum absolute atomic E-state index is 0.136. The Labute approximate surface area is 67.4 Å². The van der Waals surface area contributed by atoms with Gasteiger partial charge in [0.15, 0.2) is 0 Å². The third kappa shape index (κ3) is 1.17. The fraction of sp³-hybridized carbons (Fsp3) is 1.00. The summed E-state index contributed by atoms with van der Waals surface area (Å²) in [6.45, 7) is 5.86. The Morgan fingerprint density at radius 2 is 1.45 bits per heavy atom. The van der Waals surface area contributed by atoms with Crippen molar-refractivity contribution in [3.63, 3.8) is 0 Å². The van der Waals surface area contributed by atoms with E-state index in [1.165, 1.54) is 0 Å². The maximum absolute atomic E-state index is 9.14. The van der Waals surface area contributed by atoms with Crippen molar-refractivity contribution in [3.8, 4) is 0 Å². The minimum Gasteiger partial charge on any atom is -0.396 e. The van der Waals surface area contributed by atoms with E-state index in [4.69, 9.17) is 10.2 Å². The van der Waals surface area contributed by atoms with E-state index in [9.17, 15) is 0 Å². The molecule has 1 aliphatic rings. The number of hydrogen-bond donors (Lipinski definition) is 3. The van der Waals surface area contributed by atoms with Gasteiger partial charge in [-0.2, -0.15) is 0 Å². The van der Waals surface area contributed by atoms with Gasteiger partial charge in [0, 0.05) is 23.9 Å². The molecule has 1 saturated heterocycles. The van der Waals surface area contributed by atoms with Crippen LogP contribution in [0.15, 0.2) is 0 Å². The van der Waals surface area contributed by atoms with Gasteiger partial charge in [-0.25, -0.2) is 0 Å². The van der Waals surface area contributed by atoms with Crippen LogP contribution in [-0.2, 0) is 0 Å². The predicted molar refractivity (Wildman–Crippen MR) is 43.3 cm³/mol. The normalized spacial score (nSPS) is 44.7. The van der Waals surface area contributed by atoms with E-state index in [-0.39, 0.29) is 24.0 Å². The zero-order valence-electron chi connectivity index (χ0n) is 7.22. The molecule has 0 radical (unpaired) electrons. The first kappa shape index (κ1) is 8.97. The van der Waals surface area contributed by atoms with Crippen molar-refractivity contribution in [1.29, 1.82) is 0 Å². The third-order valence-electron chi connectivity index (χ3n) is 3.19. The Morgan fingerprint density at radius 3 is 1.73 bits per heavy atom. The minimum atomic E-state index is -0.165. The fourth-order valence-corrected chi connectivity index (χ4v) is 1.53. The molecule has 0 spiro atoms. The first-order valence-corrected chi connectivity index (χ1v) is 4.00. The van der Waals surface area contributed by atoms with Crippen LogP contribution in [0.4, 0.5) is 0 Å². The second kappa shape index (κ2) is 2.73. The summed E-state index contributed by atoms with van der Waals surface area (Å²) in [5.74, 6) is 0. The van der Waals surface area contributed by atoms with Gasteiger partial charge in [0.05, 0.1) is 13.2 Å². The van der Waals surface area contributed by atoms with Gasteiger partial charge in [-0.3, -0.25) is 0 Å². The molecule has 0 aromatic rings. The molecule has 3 N–H and O–H groups in total. The number of hydrogen-bond acceptors (Lipinski definition) is 3. The van der Waals surface area contributed by atoms with Crippen molar-refractivity contribution in [2.45, 2.75) is 13.8 Å². The standard InChI is InChI=1S/C8H17NO2/c1-7(5-10)3-9-4-8(7,2)6-11/h9-11H,3-6H2,1-2H3. The lowest BCUT2D eigenvalue weighted by molar-refractivity contribution is 0.00976. The highest BCUT2D eigenvalue weighted by Gasteiger charge is 2.47. The summed E-state index contributed by atoms with van der Waals surface area (Å²) in [5, 5.41) is 21.5. The molecule has 1 rings (SSSR count). The molecule has 0 aromatic heterocycles. The van der Waals surface area contributed by atoms with Crippen LogP contribution < -0.4 is 5.32 Å². The highest BCUT2D eigenvalue weighted by atomic mass is 16.3. The van der Waals surface area contributed by atoms with E-state index < -0.39 is 0 Å². The van der Waals surface area contributed by atoms with E-state index in [2.05, 4.69) is 5.32 Å². The lowest BCUT2D eigenvalue weighted by Crippen LogP contribution is -2.41. The Bertz CT molecular complexity index is 135. The van der Waals surface area contributed by atoms with Crippen molar-refractivity contribution < 1.29 is 10.2 Å². The number of nitrogens with one attached hydrogen (secondary N) is 1. The van der Waals surface area contributed by atoms with E-state index in [1.807, 2.05) is 13.8 Å². The SMILES string of the molecule is CC1(CO)CNCC1(C)CO. The summed E-state index contributed by atoms with van der Waals surface area (Å²) in [6.07, 6.45) is 0. The third-order valence-corrected chi connectivity index (χ3v) is 3.19.